The highest BCUT2D eigenvalue weighted by molar-refractivity contribution is 7.20. The van der Waals surface area contributed by atoms with Crippen molar-refractivity contribution >= 4 is 33.3 Å². The number of carbonyl (C=O) groups is 2. The van der Waals surface area contributed by atoms with E-state index in [0.29, 0.717) is 9.58 Å². The van der Waals surface area contributed by atoms with Crippen molar-refractivity contribution in [1.29, 1.82) is 0 Å². The molecule has 0 aliphatic carbocycles. The fraction of sp³-hybridized carbons (Fsp3) is 0.143. The maximum absolute atomic E-state index is 13.1. The van der Waals surface area contributed by atoms with E-state index in [9.17, 15) is 14.0 Å². The van der Waals surface area contributed by atoms with Crippen LogP contribution < -0.4 is 5.32 Å². The van der Waals surface area contributed by atoms with Gasteiger partial charge in [-0.15, -0.1) is 17.9 Å². The van der Waals surface area contributed by atoms with Gasteiger partial charge in [0.15, 0.2) is 0 Å². The first-order chi connectivity index (χ1) is 9.51. The predicted molar refractivity (Wildman–Crippen MR) is 75.5 cm³/mol. The average molecular weight is 293 g/mol. The molecule has 1 amide bonds. The van der Waals surface area contributed by atoms with Gasteiger partial charge in [-0.3, -0.25) is 4.79 Å². The van der Waals surface area contributed by atoms with Gasteiger partial charge >= 0.3 is 5.97 Å². The number of aliphatic carboxylic acids is 1. The lowest BCUT2D eigenvalue weighted by molar-refractivity contribution is -0.139. The van der Waals surface area contributed by atoms with Crippen molar-refractivity contribution < 1.29 is 19.1 Å². The van der Waals surface area contributed by atoms with Crippen LogP contribution in [0.3, 0.4) is 0 Å². The lowest BCUT2D eigenvalue weighted by Crippen LogP contribution is -2.40. The zero-order valence-electron chi connectivity index (χ0n) is 10.4. The van der Waals surface area contributed by atoms with Gasteiger partial charge in [-0.1, -0.05) is 12.1 Å². The summed E-state index contributed by atoms with van der Waals surface area (Å²) in [5.41, 5.74) is 0. The number of nitrogens with one attached hydrogen (secondary N) is 1. The van der Waals surface area contributed by atoms with E-state index in [1.807, 2.05) is 0 Å². The summed E-state index contributed by atoms with van der Waals surface area (Å²) in [6.07, 6.45) is 1.57. The first-order valence-corrected chi connectivity index (χ1v) is 6.66. The van der Waals surface area contributed by atoms with Crippen LogP contribution in [0.25, 0.3) is 10.1 Å². The molecule has 2 rings (SSSR count). The van der Waals surface area contributed by atoms with Gasteiger partial charge in [-0.05, 0) is 30.0 Å². The van der Waals surface area contributed by atoms with Crippen LogP contribution in [0, 0.1) is 5.82 Å². The molecule has 1 heterocycles. The number of carboxylic acids is 1. The molecule has 0 saturated heterocycles. The second-order valence-electron chi connectivity index (χ2n) is 4.18. The molecule has 1 aromatic carbocycles. The standard InChI is InChI=1S/C14H12FNO3S/c1-2-3-10(14(18)19)16-13(17)12-6-8-4-5-9(15)7-11(8)20-12/h2,4-7,10H,1,3H2,(H,16,17)(H,18,19). The molecule has 1 atom stereocenters. The van der Waals surface area contributed by atoms with E-state index in [-0.39, 0.29) is 12.2 Å². The molecular weight excluding hydrogens is 281 g/mol. The highest BCUT2D eigenvalue weighted by Gasteiger charge is 2.20. The Morgan fingerprint density at radius 2 is 2.20 bits per heavy atom. The van der Waals surface area contributed by atoms with Gasteiger partial charge in [0.25, 0.3) is 5.91 Å². The van der Waals surface area contributed by atoms with Crippen LogP contribution in [0.5, 0.6) is 0 Å². The van der Waals surface area contributed by atoms with E-state index in [0.717, 1.165) is 16.7 Å². The zero-order chi connectivity index (χ0) is 14.7. The molecule has 0 saturated carbocycles. The molecule has 0 radical (unpaired) electrons. The van der Waals surface area contributed by atoms with Crippen molar-refractivity contribution in [3.63, 3.8) is 0 Å². The minimum Gasteiger partial charge on any atom is -0.480 e. The fourth-order valence-electron chi connectivity index (χ4n) is 1.73. The summed E-state index contributed by atoms with van der Waals surface area (Å²) in [7, 11) is 0. The molecule has 4 nitrogen and oxygen atoms in total. The van der Waals surface area contributed by atoms with Crippen LogP contribution in [0.15, 0.2) is 36.9 Å². The Hall–Kier alpha value is -2.21. The zero-order valence-corrected chi connectivity index (χ0v) is 11.2. The van der Waals surface area contributed by atoms with Gasteiger partial charge in [0, 0.05) is 4.70 Å². The second-order valence-corrected chi connectivity index (χ2v) is 5.27. The number of hydrogen-bond donors (Lipinski definition) is 2. The summed E-state index contributed by atoms with van der Waals surface area (Å²) < 4.78 is 13.7. The minimum atomic E-state index is -1.12. The number of benzene rings is 1. The summed E-state index contributed by atoms with van der Waals surface area (Å²) in [5.74, 6) is -1.98. The van der Waals surface area contributed by atoms with E-state index in [4.69, 9.17) is 5.11 Å². The van der Waals surface area contributed by atoms with Gasteiger partial charge in [0.2, 0.25) is 0 Å². The maximum atomic E-state index is 13.1. The third kappa shape index (κ3) is 3.03. The van der Waals surface area contributed by atoms with E-state index in [1.165, 1.54) is 18.2 Å². The van der Waals surface area contributed by atoms with Crippen LogP contribution in [0.4, 0.5) is 4.39 Å². The minimum absolute atomic E-state index is 0.139. The third-order valence-electron chi connectivity index (χ3n) is 2.71. The lowest BCUT2D eigenvalue weighted by atomic mass is 10.2. The quantitative estimate of drug-likeness (QED) is 0.833. The topological polar surface area (TPSA) is 66.4 Å². The Morgan fingerprint density at radius 3 is 2.85 bits per heavy atom. The Balaban J connectivity index is 2.22. The molecular formula is C14H12FNO3S. The number of carboxylic acid groups (broad SMARTS) is 1. The van der Waals surface area contributed by atoms with Crippen LogP contribution in [-0.2, 0) is 4.79 Å². The van der Waals surface area contributed by atoms with Gasteiger partial charge in [-0.2, -0.15) is 0 Å². The largest absolute Gasteiger partial charge is 0.480 e. The Bertz CT molecular complexity index is 680. The van der Waals surface area contributed by atoms with E-state index < -0.39 is 17.9 Å². The summed E-state index contributed by atoms with van der Waals surface area (Å²) >= 11 is 1.12. The number of hydrogen-bond acceptors (Lipinski definition) is 3. The molecule has 20 heavy (non-hydrogen) atoms. The number of carbonyl (C=O) groups excluding carboxylic acids is 1. The van der Waals surface area contributed by atoms with Gasteiger partial charge in [-0.25, -0.2) is 9.18 Å². The lowest BCUT2D eigenvalue weighted by Gasteiger charge is -2.11. The van der Waals surface area contributed by atoms with E-state index >= 15 is 0 Å². The van der Waals surface area contributed by atoms with Crippen molar-refractivity contribution in [3.8, 4) is 0 Å². The smallest absolute Gasteiger partial charge is 0.326 e. The molecule has 0 aliphatic rings. The van der Waals surface area contributed by atoms with Crippen molar-refractivity contribution in [2.45, 2.75) is 12.5 Å². The van der Waals surface area contributed by atoms with E-state index in [2.05, 4.69) is 11.9 Å². The first-order valence-electron chi connectivity index (χ1n) is 5.85. The molecule has 6 heteroatoms. The number of thiophene rings is 1. The number of halogens is 1. The molecule has 0 bridgehead atoms. The average Bonchev–Trinajstić information content (AvgIpc) is 2.80. The van der Waals surface area contributed by atoms with Gasteiger partial charge < -0.3 is 10.4 Å². The number of rotatable bonds is 5. The molecule has 0 aliphatic heterocycles. The highest BCUT2D eigenvalue weighted by Crippen LogP contribution is 2.26. The van der Waals surface area contributed by atoms with Gasteiger partial charge in [0.05, 0.1) is 4.88 Å². The van der Waals surface area contributed by atoms with Crippen molar-refractivity contribution in [2.75, 3.05) is 0 Å². The Morgan fingerprint density at radius 1 is 1.45 bits per heavy atom. The summed E-state index contributed by atoms with van der Waals surface area (Å²) in [6.45, 7) is 3.45. The molecule has 1 unspecified atom stereocenters. The van der Waals surface area contributed by atoms with Crippen LogP contribution in [-0.4, -0.2) is 23.0 Å². The molecule has 2 N–H and O–H groups in total. The van der Waals surface area contributed by atoms with Crippen LogP contribution in [0.2, 0.25) is 0 Å². The molecule has 1 aromatic heterocycles. The maximum Gasteiger partial charge on any atom is 0.326 e. The molecule has 0 spiro atoms. The molecule has 2 aromatic rings. The monoisotopic (exact) mass is 293 g/mol. The summed E-state index contributed by atoms with van der Waals surface area (Å²) in [6, 6.07) is 4.84. The van der Waals surface area contributed by atoms with Gasteiger partial charge in [0.1, 0.15) is 11.9 Å². The normalized spacial score (nSPS) is 12.1. The van der Waals surface area contributed by atoms with Crippen LogP contribution >= 0.6 is 11.3 Å². The second kappa shape index (κ2) is 5.83. The molecule has 104 valence electrons. The first kappa shape index (κ1) is 14.2. The fourth-order valence-corrected chi connectivity index (χ4v) is 2.73. The third-order valence-corrected chi connectivity index (χ3v) is 3.81. The highest BCUT2D eigenvalue weighted by atomic mass is 32.1. The predicted octanol–water partition coefficient (Wildman–Crippen LogP) is 2.80. The molecule has 0 fully saturated rings. The number of fused-ring (bicyclic) bond motifs is 1. The van der Waals surface area contributed by atoms with E-state index in [1.54, 1.807) is 12.1 Å². The SMILES string of the molecule is C=CCC(NC(=O)c1cc2ccc(F)cc2s1)C(=O)O. The Kier molecular flexibility index (Phi) is 4.14. The number of amides is 1. The van der Waals surface area contributed by atoms with Crippen molar-refractivity contribution in [1.82, 2.24) is 5.32 Å². The van der Waals surface area contributed by atoms with Crippen LogP contribution in [0.1, 0.15) is 16.1 Å². The summed E-state index contributed by atoms with van der Waals surface area (Å²) in [5, 5.41) is 12.1. The Labute approximate surface area is 118 Å². The van der Waals surface area contributed by atoms with Crippen molar-refractivity contribution in [3.05, 3.63) is 47.6 Å². The summed E-state index contributed by atoms with van der Waals surface area (Å²) in [4.78, 5) is 23.3. The van der Waals surface area contributed by atoms with Crippen molar-refractivity contribution in [2.24, 2.45) is 0 Å².